The lowest BCUT2D eigenvalue weighted by Crippen LogP contribution is -2.57. The highest BCUT2D eigenvalue weighted by molar-refractivity contribution is 5.65. The molecule has 2 N–H and O–H groups in total. The van der Waals surface area contributed by atoms with Crippen LogP contribution in [-0.2, 0) is 6.42 Å². The molecule has 1 amide bonds. The molecule has 0 saturated heterocycles. The Bertz CT molecular complexity index is 1040. The van der Waals surface area contributed by atoms with Crippen molar-refractivity contribution in [2.75, 3.05) is 6.61 Å². The van der Waals surface area contributed by atoms with Gasteiger partial charge in [-0.05, 0) is 52.2 Å². The zero-order valence-electron chi connectivity index (χ0n) is 18.4. The van der Waals surface area contributed by atoms with E-state index in [0.717, 1.165) is 28.0 Å². The van der Waals surface area contributed by atoms with Crippen LogP contribution >= 0.6 is 0 Å². The first-order valence-electron chi connectivity index (χ1n) is 10.5. The van der Waals surface area contributed by atoms with Crippen molar-refractivity contribution in [3.8, 4) is 11.3 Å². The second-order valence-electron chi connectivity index (χ2n) is 8.87. The molecule has 0 fully saturated rings. The van der Waals surface area contributed by atoms with Gasteiger partial charge in [-0.15, -0.1) is 0 Å². The second kappa shape index (κ2) is 9.08. The molecule has 0 aliphatic heterocycles. The Balaban J connectivity index is 1.86. The number of hydrogen-bond donors (Lipinski definition) is 2. The molecular weight excluding hydrogens is 394 g/mol. The molecule has 31 heavy (non-hydrogen) atoms. The largest absolute Gasteiger partial charge is 0.530 e. The number of amides is 1. The van der Waals surface area contributed by atoms with Gasteiger partial charge in [-0.2, -0.15) is 0 Å². The Kier molecular flexibility index (Phi) is 6.67. The molecule has 0 saturated carbocycles. The van der Waals surface area contributed by atoms with Crippen molar-refractivity contribution in [2.24, 2.45) is 0 Å². The van der Waals surface area contributed by atoms with Crippen LogP contribution in [0.4, 0.5) is 4.79 Å². The molecule has 7 nitrogen and oxygen atoms in total. The van der Waals surface area contributed by atoms with Crippen LogP contribution in [0.5, 0.6) is 0 Å². The number of aliphatic hydroxyl groups excluding tert-OH is 2. The van der Waals surface area contributed by atoms with Gasteiger partial charge >= 0.3 is 0 Å². The number of benzene rings is 1. The normalized spacial score (nSPS) is 13.9. The monoisotopic (exact) mass is 424 g/mol. The van der Waals surface area contributed by atoms with E-state index >= 15 is 0 Å². The summed E-state index contributed by atoms with van der Waals surface area (Å²) in [5.41, 5.74) is 3.53. The minimum Gasteiger partial charge on any atom is -0.530 e. The molecule has 1 unspecified atom stereocenters. The summed E-state index contributed by atoms with van der Waals surface area (Å²) in [6, 6.07) is 11.2. The van der Waals surface area contributed by atoms with E-state index in [1.54, 1.807) is 6.92 Å². The first-order chi connectivity index (χ1) is 14.6. The van der Waals surface area contributed by atoms with Crippen molar-refractivity contribution in [2.45, 2.75) is 58.2 Å². The van der Waals surface area contributed by atoms with Gasteiger partial charge in [0.25, 0.3) is 0 Å². The van der Waals surface area contributed by atoms with E-state index in [1.807, 2.05) is 74.0 Å². The third-order valence-electron chi connectivity index (χ3n) is 5.43. The van der Waals surface area contributed by atoms with E-state index in [2.05, 4.69) is 4.98 Å². The lowest BCUT2D eigenvalue weighted by Gasteiger charge is -2.44. The maximum Gasteiger partial charge on any atom is 0.143 e. The highest BCUT2D eigenvalue weighted by Crippen LogP contribution is 2.26. The van der Waals surface area contributed by atoms with Gasteiger partial charge in [-0.25, -0.2) is 4.98 Å². The first kappa shape index (κ1) is 22.8. The summed E-state index contributed by atoms with van der Waals surface area (Å²) in [6.45, 7) is 7.08. The fraction of sp³-hybridized carbons (Fsp3) is 0.417. The molecule has 7 heteroatoms. The minimum absolute atomic E-state index is 0.102. The zero-order valence-corrected chi connectivity index (χ0v) is 18.4. The number of imidazole rings is 1. The number of pyridine rings is 1. The topological polar surface area (TPSA) is 101 Å². The van der Waals surface area contributed by atoms with Crippen molar-refractivity contribution >= 4 is 11.7 Å². The molecule has 0 aliphatic rings. The number of nitrogens with zero attached hydrogens (tertiary/aromatic N) is 3. The van der Waals surface area contributed by atoms with Crippen LogP contribution in [0.2, 0.25) is 0 Å². The third-order valence-corrected chi connectivity index (χ3v) is 5.43. The summed E-state index contributed by atoms with van der Waals surface area (Å²) in [6.07, 6.45) is 2.78. The number of hydrogen-bond acceptors (Lipinski definition) is 5. The molecular formula is C24H30N3O4-. The molecule has 3 rings (SSSR count). The SMILES string of the molecule is CC(O)c1cccn2cc(-c3ccc(C[C@@H](CCO)N(C(=O)[O-])C(C)(C)C)cc3)nc12. The van der Waals surface area contributed by atoms with E-state index < -0.39 is 17.7 Å². The quantitative estimate of drug-likeness (QED) is 0.607. The van der Waals surface area contributed by atoms with E-state index in [9.17, 15) is 20.1 Å². The molecule has 1 aromatic carbocycles. The molecule has 166 valence electrons. The number of fused-ring (bicyclic) bond motifs is 1. The van der Waals surface area contributed by atoms with Gasteiger partial charge in [0.05, 0.1) is 11.8 Å². The maximum atomic E-state index is 11.8. The Morgan fingerprint density at radius 2 is 1.90 bits per heavy atom. The molecule has 2 heterocycles. The summed E-state index contributed by atoms with van der Waals surface area (Å²) in [5.74, 6) is 0. The fourth-order valence-electron chi connectivity index (χ4n) is 4.03. The van der Waals surface area contributed by atoms with Crippen molar-refractivity contribution < 1.29 is 20.1 Å². The van der Waals surface area contributed by atoms with Crippen LogP contribution < -0.4 is 5.11 Å². The van der Waals surface area contributed by atoms with Gasteiger partial charge in [0.2, 0.25) is 0 Å². The average molecular weight is 425 g/mol. The standard InChI is InChI=1S/C24H31N3O4/c1-16(29)20-6-5-12-26-15-21(25-22(20)26)18-9-7-17(8-10-18)14-19(11-13-28)27(23(30)31)24(2,3)4/h5-10,12,15-16,19,28-29H,11,13-14H2,1-4H3,(H,30,31)/p-1/t16?,19-/m1/s1. The lowest BCUT2D eigenvalue weighted by molar-refractivity contribution is -0.273. The molecule has 0 bridgehead atoms. The summed E-state index contributed by atoms with van der Waals surface area (Å²) in [5, 5.41) is 31.2. The van der Waals surface area contributed by atoms with Crippen molar-refractivity contribution in [1.82, 2.24) is 14.3 Å². The second-order valence-corrected chi connectivity index (χ2v) is 8.87. The van der Waals surface area contributed by atoms with Crippen LogP contribution in [0.1, 0.15) is 51.3 Å². The highest BCUT2D eigenvalue weighted by atomic mass is 16.4. The first-order valence-corrected chi connectivity index (χ1v) is 10.5. The average Bonchev–Trinajstić information content (AvgIpc) is 3.11. The Morgan fingerprint density at radius 1 is 1.23 bits per heavy atom. The van der Waals surface area contributed by atoms with Gasteiger partial charge in [0, 0.05) is 41.7 Å². The van der Waals surface area contributed by atoms with E-state index in [1.165, 1.54) is 4.90 Å². The Hall–Kier alpha value is -2.90. The lowest BCUT2D eigenvalue weighted by atomic mass is 9.96. The van der Waals surface area contributed by atoms with Gasteiger partial charge in [-0.1, -0.05) is 30.3 Å². The van der Waals surface area contributed by atoms with Crippen LogP contribution in [0, 0.1) is 0 Å². The van der Waals surface area contributed by atoms with Crippen molar-refractivity contribution in [3.63, 3.8) is 0 Å². The highest BCUT2D eigenvalue weighted by Gasteiger charge is 2.28. The smallest absolute Gasteiger partial charge is 0.143 e. The van der Waals surface area contributed by atoms with Crippen molar-refractivity contribution in [3.05, 3.63) is 59.9 Å². The molecule has 0 radical (unpaired) electrons. The third kappa shape index (κ3) is 5.06. The van der Waals surface area contributed by atoms with E-state index in [4.69, 9.17) is 0 Å². The maximum absolute atomic E-state index is 11.8. The summed E-state index contributed by atoms with van der Waals surface area (Å²) < 4.78 is 1.89. The van der Waals surface area contributed by atoms with Crippen LogP contribution in [0.25, 0.3) is 16.9 Å². The fourth-order valence-corrected chi connectivity index (χ4v) is 4.03. The number of carboxylic acid groups (broad SMARTS) is 1. The molecule has 2 atom stereocenters. The Morgan fingerprint density at radius 3 is 2.45 bits per heavy atom. The Labute approximate surface area is 182 Å². The van der Waals surface area contributed by atoms with Gasteiger partial charge in [-0.3, -0.25) is 0 Å². The number of carbonyl (C=O) groups excluding carboxylic acids is 1. The number of aliphatic hydroxyl groups is 2. The van der Waals surface area contributed by atoms with Crippen molar-refractivity contribution in [1.29, 1.82) is 0 Å². The number of rotatable bonds is 7. The number of aromatic nitrogens is 2. The van der Waals surface area contributed by atoms with Gasteiger partial charge in [0.1, 0.15) is 11.7 Å². The summed E-state index contributed by atoms with van der Waals surface area (Å²) in [4.78, 5) is 17.8. The molecule has 3 aromatic rings. The van der Waals surface area contributed by atoms with E-state index in [0.29, 0.717) is 12.8 Å². The summed E-state index contributed by atoms with van der Waals surface area (Å²) in [7, 11) is 0. The van der Waals surface area contributed by atoms with Crippen LogP contribution in [0.15, 0.2) is 48.8 Å². The zero-order chi connectivity index (χ0) is 22.8. The predicted octanol–water partition coefficient (Wildman–Crippen LogP) is 2.79. The van der Waals surface area contributed by atoms with Crippen LogP contribution in [0.3, 0.4) is 0 Å². The van der Waals surface area contributed by atoms with Gasteiger partial charge < -0.3 is 29.4 Å². The molecule has 0 spiro atoms. The van der Waals surface area contributed by atoms with E-state index in [-0.39, 0.29) is 12.6 Å². The molecule has 0 aliphatic carbocycles. The number of carbonyl (C=O) groups is 1. The minimum atomic E-state index is -1.24. The summed E-state index contributed by atoms with van der Waals surface area (Å²) >= 11 is 0. The molecule has 2 aromatic heterocycles. The predicted molar refractivity (Wildman–Crippen MR) is 117 cm³/mol. The van der Waals surface area contributed by atoms with Crippen LogP contribution in [-0.4, -0.2) is 48.8 Å². The van der Waals surface area contributed by atoms with Gasteiger partial charge in [0.15, 0.2) is 0 Å².